The number of carbonyl (C=O) groups is 1. The Kier molecular flexibility index (Phi) is 5.52. The lowest BCUT2D eigenvalue weighted by molar-refractivity contribution is -1.02. The van der Waals surface area contributed by atoms with Crippen LogP contribution in [0.1, 0.15) is 24.8 Å². The number of rotatable bonds is 4. The van der Waals surface area contributed by atoms with E-state index in [1.165, 1.54) is 27.4 Å². The first-order valence-corrected chi connectivity index (χ1v) is 10.8. The van der Waals surface area contributed by atoms with Gasteiger partial charge in [-0.3, -0.25) is 4.79 Å². The molecule has 6 heteroatoms. The standard InChI is InChI=1S/C20H28N4OS/c1-16-5-4-8-24(13-16)20(25)15-23-11-9-22(10-12-23)14-19-21-17-6-2-3-7-18(17)26-19/h2-3,6-7,16H,4-5,8-15H2,1H3/p+2/t16-/m1/s1. The monoisotopic (exact) mass is 374 g/mol. The summed E-state index contributed by atoms with van der Waals surface area (Å²) in [6.07, 6.45) is 2.44. The summed E-state index contributed by atoms with van der Waals surface area (Å²) in [6.45, 7) is 10.3. The number of amides is 1. The number of benzene rings is 1. The van der Waals surface area contributed by atoms with E-state index in [4.69, 9.17) is 4.98 Å². The Morgan fingerprint density at radius 2 is 2.00 bits per heavy atom. The molecule has 26 heavy (non-hydrogen) atoms. The number of nitrogens with one attached hydrogen (secondary N) is 2. The molecule has 3 heterocycles. The number of hydrogen-bond acceptors (Lipinski definition) is 3. The van der Waals surface area contributed by atoms with E-state index in [1.807, 2.05) is 11.3 Å². The maximum Gasteiger partial charge on any atom is 0.277 e. The number of carbonyl (C=O) groups excluding carboxylic acids is 1. The maximum absolute atomic E-state index is 12.6. The molecule has 5 nitrogen and oxygen atoms in total. The molecule has 2 fully saturated rings. The van der Waals surface area contributed by atoms with Crippen LogP contribution in [0.2, 0.25) is 0 Å². The Morgan fingerprint density at radius 3 is 2.77 bits per heavy atom. The average Bonchev–Trinajstić information content (AvgIpc) is 3.05. The van der Waals surface area contributed by atoms with Crippen LogP contribution < -0.4 is 9.80 Å². The van der Waals surface area contributed by atoms with Crippen LogP contribution in [0.25, 0.3) is 10.2 Å². The maximum atomic E-state index is 12.6. The second-order valence-corrected chi connectivity index (χ2v) is 9.13. The minimum absolute atomic E-state index is 0.362. The van der Waals surface area contributed by atoms with Gasteiger partial charge in [0.05, 0.1) is 10.2 Å². The molecule has 1 aromatic heterocycles. The van der Waals surface area contributed by atoms with Crippen LogP contribution in [0, 0.1) is 5.92 Å². The molecule has 0 spiro atoms. The highest BCUT2D eigenvalue weighted by Gasteiger charge is 2.28. The molecular formula is C20H30N4OS+2. The van der Waals surface area contributed by atoms with E-state index in [2.05, 4.69) is 36.1 Å². The van der Waals surface area contributed by atoms with Crippen molar-refractivity contribution >= 4 is 27.5 Å². The third-order valence-corrected chi connectivity index (χ3v) is 6.85. The Morgan fingerprint density at radius 1 is 1.23 bits per heavy atom. The Bertz CT molecular complexity index is 720. The summed E-state index contributed by atoms with van der Waals surface area (Å²) >= 11 is 1.82. The first-order chi connectivity index (χ1) is 12.7. The lowest BCUT2D eigenvalue weighted by Gasteiger charge is -2.33. The zero-order chi connectivity index (χ0) is 17.9. The van der Waals surface area contributed by atoms with Crippen molar-refractivity contribution in [2.45, 2.75) is 26.3 Å². The van der Waals surface area contributed by atoms with E-state index >= 15 is 0 Å². The molecule has 2 aromatic rings. The minimum Gasteiger partial charge on any atom is -0.338 e. The first-order valence-electron chi connectivity index (χ1n) is 9.97. The molecule has 1 aromatic carbocycles. The van der Waals surface area contributed by atoms with Crippen LogP contribution in [0.4, 0.5) is 0 Å². The van der Waals surface area contributed by atoms with E-state index in [0.717, 1.165) is 51.3 Å². The summed E-state index contributed by atoms with van der Waals surface area (Å²) in [5.74, 6) is 1.03. The summed E-state index contributed by atoms with van der Waals surface area (Å²) in [5, 5.41) is 1.24. The number of piperazine rings is 1. The second-order valence-electron chi connectivity index (χ2n) is 8.02. The first kappa shape index (κ1) is 17.9. The van der Waals surface area contributed by atoms with Crippen LogP contribution in [-0.2, 0) is 11.3 Å². The smallest absolute Gasteiger partial charge is 0.277 e. The lowest BCUT2D eigenvalue weighted by atomic mass is 10.0. The van der Waals surface area contributed by atoms with E-state index < -0.39 is 0 Å². The molecule has 2 N–H and O–H groups in total. The predicted molar refractivity (Wildman–Crippen MR) is 105 cm³/mol. The zero-order valence-electron chi connectivity index (χ0n) is 15.7. The number of nitrogens with zero attached hydrogens (tertiary/aromatic N) is 2. The number of para-hydroxylation sites is 1. The van der Waals surface area contributed by atoms with E-state index in [-0.39, 0.29) is 0 Å². The van der Waals surface area contributed by atoms with E-state index in [1.54, 1.807) is 4.90 Å². The Hall–Kier alpha value is -1.50. The van der Waals surface area contributed by atoms with Gasteiger partial charge in [0.15, 0.2) is 6.54 Å². The predicted octanol–water partition coefficient (Wildman–Crippen LogP) is -0.162. The van der Waals surface area contributed by atoms with Gasteiger partial charge in [-0.25, -0.2) is 4.98 Å². The van der Waals surface area contributed by atoms with Gasteiger partial charge in [0, 0.05) is 13.1 Å². The lowest BCUT2D eigenvalue weighted by Crippen LogP contribution is -3.28. The van der Waals surface area contributed by atoms with Gasteiger partial charge in [-0.15, -0.1) is 11.3 Å². The van der Waals surface area contributed by atoms with Gasteiger partial charge in [-0.2, -0.15) is 0 Å². The van der Waals surface area contributed by atoms with Gasteiger partial charge in [0.1, 0.15) is 37.7 Å². The van der Waals surface area contributed by atoms with Gasteiger partial charge in [-0.05, 0) is 30.9 Å². The van der Waals surface area contributed by atoms with Gasteiger partial charge in [0.25, 0.3) is 5.91 Å². The van der Waals surface area contributed by atoms with Gasteiger partial charge >= 0.3 is 0 Å². The third-order valence-electron chi connectivity index (χ3n) is 5.81. The van der Waals surface area contributed by atoms with Crippen molar-refractivity contribution in [3.05, 3.63) is 29.3 Å². The van der Waals surface area contributed by atoms with Gasteiger partial charge in [-0.1, -0.05) is 19.1 Å². The number of hydrogen-bond donors (Lipinski definition) is 2. The van der Waals surface area contributed by atoms with Crippen molar-refractivity contribution in [1.29, 1.82) is 0 Å². The quantitative estimate of drug-likeness (QED) is 0.781. The summed E-state index contributed by atoms with van der Waals surface area (Å²) in [6, 6.07) is 8.39. The van der Waals surface area contributed by atoms with Crippen molar-refractivity contribution in [2.75, 3.05) is 45.8 Å². The van der Waals surface area contributed by atoms with Crippen LogP contribution in [-0.4, -0.2) is 61.6 Å². The summed E-state index contributed by atoms with van der Waals surface area (Å²) in [7, 11) is 0. The molecule has 0 aliphatic carbocycles. The number of thiazole rings is 1. The van der Waals surface area contributed by atoms with Crippen molar-refractivity contribution in [2.24, 2.45) is 5.92 Å². The molecule has 0 unspecified atom stereocenters. The minimum atomic E-state index is 0.362. The highest BCUT2D eigenvalue weighted by molar-refractivity contribution is 7.18. The molecule has 0 saturated carbocycles. The van der Waals surface area contributed by atoms with E-state index in [9.17, 15) is 4.79 Å². The molecular weight excluding hydrogens is 344 g/mol. The number of likely N-dealkylation sites (tertiary alicyclic amines) is 1. The number of fused-ring (bicyclic) bond motifs is 1. The molecule has 1 amide bonds. The van der Waals surface area contributed by atoms with Crippen LogP contribution >= 0.6 is 11.3 Å². The molecule has 2 saturated heterocycles. The molecule has 1 atom stereocenters. The van der Waals surface area contributed by atoms with Crippen molar-refractivity contribution in [3.63, 3.8) is 0 Å². The summed E-state index contributed by atoms with van der Waals surface area (Å²) in [4.78, 5) is 22.5. The van der Waals surface area contributed by atoms with Crippen LogP contribution in [0.15, 0.2) is 24.3 Å². The number of piperidine rings is 1. The number of aromatic nitrogens is 1. The fourth-order valence-electron chi connectivity index (χ4n) is 4.26. The third kappa shape index (κ3) is 4.24. The molecule has 0 radical (unpaired) electrons. The van der Waals surface area contributed by atoms with Crippen molar-refractivity contribution < 1.29 is 14.6 Å². The largest absolute Gasteiger partial charge is 0.338 e. The molecule has 140 valence electrons. The van der Waals surface area contributed by atoms with Gasteiger partial charge < -0.3 is 14.7 Å². The Labute approximate surface area is 159 Å². The highest BCUT2D eigenvalue weighted by Crippen LogP contribution is 2.20. The summed E-state index contributed by atoms with van der Waals surface area (Å²) in [5.41, 5.74) is 1.12. The van der Waals surface area contributed by atoms with Crippen molar-refractivity contribution in [1.82, 2.24) is 9.88 Å². The zero-order valence-corrected chi connectivity index (χ0v) is 16.5. The topological polar surface area (TPSA) is 42.1 Å². The van der Waals surface area contributed by atoms with E-state index in [0.29, 0.717) is 18.4 Å². The average molecular weight is 375 g/mol. The highest BCUT2D eigenvalue weighted by atomic mass is 32.1. The normalized spacial score (nSPS) is 27.0. The van der Waals surface area contributed by atoms with Crippen LogP contribution in [0.5, 0.6) is 0 Å². The SMILES string of the molecule is C[C@@H]1CCCN(C(=O)C[NH+]2CC[NH+](Cc3nc4ccccc4s3)CC2)C1. The molecule has 2 aliphatic rings. The molecule has 4 rings (SSSR count). The van der Waals surface area contributed by atoms with Crippen LogP contribution in [0.3, 0.4) is 0 Å². The summed E-state index contributed by atoms with van der Waals surface area (Å²) < 4.78 is 1.28. The fraction of sp³-hybridized carbons (Fsp3) is 0.600. The van der Waals surface area contributed by atoms with Gasteiger partial charge in [0.2, 0.25) is 0 Å². The number of quaternary nitrogens is 2. The fourth-order valence-corrected chi connectivity index (χ4v) is 5.30. The second kappa shape index (κ2) is 8.03. The Balaban J connectivity index is 1.25. The molecule has 2 aliphatic heterocycles. The van der Waals surface area contributed by atoms with Crippen molar-refractivity contribution in [3.8, 4) is 0 Å². The molecule has 0 bridgehead atoms.